The van der Waals surface area contributed by atoms with Gasteiger partial charge in [0.25, 0.3) is 10.0 Å². The normalized spacial score (nSPS) is 36.7. The molecule has 0 spiro atoms. The lowest BCUT2D eigenvalue weighted by Crippen LogP contribution is -2.31. The van der Waals surface area contributed by atoms with E-state index in [9.17, 15) is 8.42 Å². The molecule has 0 saturated carbocycles. The SMILES string of the molecule is Cc1nc(S(=O)(=O)N2C[C@@H]3[C@H](C2)[C@H]2CC[C@@H]3O2)cn1C. The topological polar surface area (TPSA) is 64.4 Å². The van der Waals surface area contributed by atoms with E-state index in [1.807, 2.05) is 14.0 Å². The van der Waals surface area contributed by atoms with Crippen molar-refractivity contribution >= 4 is 10.0 Å². The van der Waals surface area contributed by atoms with Crippen LogP contribution < -0.4 is 0 Å². The summed E-state index contributed by atoms with van der Waals surface area (Å²) < 4.78 is 34.6. The summed E-state index contributed by atoms with van der Waals surface area (Å²) in [6.07, 6.45) is 4.32. The zero-order chi connectivity index (χ0) is 14.1. The predicted molar refractivity (Wildman–Crippen MR) is 71.6 cm³/mol. The number of rotatable bonds is 2. The Bertz CT molecular complexity index is 616. The van der Waals surface area contributed by atoms with Crippen molar-refractivity contribution in [2.75, 3.05) is 13.1 Å². The van der Waals surface area contributed by atoms with Crippen molar-refractivity contribution in [2.24, 2.45) is 18.9 Å². The molecule has 20 heavy (non-hydrogen) atoms. The Kier molecular flexibility index (Phi) is 2.59. The lowest BCUT2D eigenvalue weighted by molar-refractivity contribution is 0.0778. The molecule has 3 aliphatic rings. The van der Waals surface area contributed by atoms with E-state index < -0.39 is 10.0 Å². The van der Waals surface area contributed by atoms with Crippen LogP contribution in [0.3, 0.4) is 0 Å². The summed E-state index contributed by atoms with van der Waals surface area (Å²) in [6, 6.07) is 0. The Balaban J connectivity index is 1.62. The Morgan fingerprint density at radius 3 is 2.35 bits per heavy atom. The molecule has 4 atom stereocenters. The van der Waals surface area contributed by atoms with Gasteiger partial charge >= 0.3 is 0 Å². The van der Waals surface area contributed by atoms with Crippen LogP contribution in [0.4, 0.5) is 0 Å². The standard InChI is InChI=1S/C13H19N3O3S/c1-8-14-13(7-15(8)2)20(17,18)16-5-9-10(6-16)12-4-3-11(9)19-12/h7,9-12H,3-6H2,1-2H3/t9-,10+,11+,12-. The minimum Gasteiger partial charge on any atom is -0.374 e. The Morgan fingerprint density at radius 2 is 1.85 bits per heavy atom. The fourth-order valence-electron chi connectivity index (χ4n) is 3.90. The van der Waals surface area contributed by atoms with Gasteiger partial charge in [-0.25, -0.2) is 13.4 Å². The summed E-state index contributed by atoms with van der Waals surface area (Å²) >= 11 is 0. The van der Waals surface area contributed by atoms with Crippen molar-refractivity contribution in [3.05, 3.63) is 12.0 Å². The zero-order valence-electron chi connectivity index (χ0n) is 11.7. The number of ether oxygens (including phenoxy) is 1. The number of fused-ring (bicyclic) bond motifs is 5. The maximum absolute atomic E-state index is 12.7. The highest BCUT2D eigenvalue weighted by Gasteiger charge is 2.55. The Labute approximate surface area is 118 Å². The molecular formula is C13H19N3O3S. The van der Waals surface area contributed by atoms with Crippen LogP contribution in [0.15, 0.2) is 11.2 Å². The second kappa shape index (κ2) is 4.05. The van der Waals surface area contributed by atoms with Crippen LogP contribution in [-0.4, -0.2) is 47.6 Å². The molecule has 7 heteroatoms. The number of hydrogen-bond acceptors (Lipinski definition) is 4. The van der Waals surface area contributed by atoms with Gasteiger partial charge in [-0.1, -0.05) is 0 Å². The third kappa shape index (κ3) is 1.63. The van der Waals surface area contributed by atoms with Gasteiger partial charge in [-0.3, -0.25) is 0 Å². The fraction of sp³-hybridized carbons (Fsp3) is 0.769. The van der Waals surface area contributed by atoms with E-state index in [2.05, 4.69) is 4.98 Å². The fourth-order valence-corrected chi connectivity index (χ4v) is 5.44. The lowest BCUT2D eigenvalue weighted by atomic mass is 9.82. The van der Waals surface area contributed by atoms with Crippen molar-refractivity contribution in [3.8, 4) is 0 Å². The number of aryl methyl sites for hydroxylation is 2. The quantitative estimate of drug-likeness (QED) is 0.798. The van der Waals surface area contributed by atoms with Gasteiger partial charge < -0.3 is 9.30 Å². The minimum atomic E-state index is -3.46. The molecule has 0 aromatic carbocycles. The summed E-state index contributed by atoms with van der Waals surface area (Å²) in [5.41, 5.74) is 0. The summed E-state index contributed by atoms with van der Waals surface area (Å²) in [5, 5.41) is 0.172. The van der Waals surface area contributed by atoms with E-state index >= 15 is 0 Å². The first-order valence-electron chi connectivity index (χ1n) is 7.12. The van der Waals surface area contributed by atoms with Crippen LogP contribution >= 0.6 is 0 Å². The predicted octanol–water partition coefficient (Wildman–Crippen LogP) is 0.526. The van der Waals surface area contributed by atoms with Crippen molar-refractivity contribution in [3.63, 3.8) is 0 Å². The lowest BCUT2D eigenvalue weighted by Gasteiger charge is -2.18. The van der Waals surface area contributed by atoms with E-state index in [1.165, 1.54) is 0 Å². The molecule has 0 unspecified atom stereocenters. The average Bonchev–Trinajstić information content (AvgIpc) is 3.11. The first kappa shape index (κ1) is 12.8. The first-order valence-corrected chi connectivity index (χ1v) is 8.56. The van der Waals surface area contributed by atoms with Gasteiger partial charge in [-0.15, -0.1) is 0 Å². The van der Waals surface area contributed by atoms with Crippen molar-refractivity contribution in [1.29, 1.82) is 0 Å². The van der Waals surface area contributed by atoms with Crippen LogP contribution in [0.2, 0.25) is 0 Å². The highest BCUT2D eigenvalue weighted by molar-refractivity contribution is 7.89. The number of nitrogens with zero attached hydrogens (tertiary/aromatic N) is 3. The van der Waals surface area contributed by atoms with Gasteiger partial charge in [0.2, 0.25) is 0 Å². The van der Waals surface area contributed by atoms with Crippen molar-refractivity contribution in [1.82, 2.24) is 13.9 Å². The smallest absolute Gasteiger partial charge is 0.262 e. The number of hydrogen-bond donors (Lipinski definition) is 0. The number of sulfonamides is 1. The Hall–Kier alpha value is -0.920. The monoisotopic (exact) mass is 297 g/mol. The van der Waals surface area contributed by atoms with E-state index in [-0.39, 0.29) is 17.2 Å². The molecule has 4 heterocycles. The molecule has 110 valence electrons. The third-order valence-electron chi connectivity index (χ3n) is 5.11. The van der Waals surface area contributed by atoms with E-state index in [0.29, 0.717) is 30.7 Å². The second-order valence-corrected chi connectivity index (χ2v) is 8.06. The number of imidazole rings is 1. The van der Waals surface area contributed by atoms with Crippen molar-refractivity contribution in [2.45, 2.75) is 37.0 Å². The summed E-state index contributed by atoms with van der Waals surface area (Å²) in [4.78, 5) is 4.18. The second-order valence-electron chi connectivity index (χ2n) is 6.18. The molecular weight excluding hydrogens is 278 g/mol. The molecule has 3 fully saturated rings. The molecule has 6 nitrogen and oxygen atoms in total. The molecule has 3 aliphatic heterocycles. The van der Waals surface area contributed by atoms with Crippen LogP contribution in [0.5, 0.6) is 0 Å². The van der Waals surface area contributed by atoms with Gasteiger partial charge in [-0.05, 0) is 19.8 Å². The summed E-state index contributed by atoms with van der Waals surface area (Å²) in [6.45, 7) is 2.99. The molecule has 4 rings (SSSR count). The van der Waals surface area contributed by atoms with E-state index in [4.69, 9.17) is 4.74 Å². The maximum atomic E-state index is 12.7. The van der Waals surface area contributed by atoms with Crippen LogP contribution in [0, 0.1) is 18.8 Å². The van der Waals surface area contributed by atoms with Crippen LogP contribution in [-0.2, 0) is 21.8 Å². The van der Waals surface area contributed by atoms with Gasteiger partial charge in [0, 0.05) is 38.2 Å². The minimum absolute atomic E-state index is 0.172. The van der Waals surface area contributed by atoms with Crippen LogP contribution in [0.25, 0.3) is 0 Å². The van der Waals surface area contributed by atoms with E-state index in [0.717, 1.165) is 12.8 Å². The maximum Gasteiger partial charge on any atom is 0.262 e. The third-order valence-corrected chi connectivity index (χ3v) is 6.81. The molecule has 0 radical (unpaired) electrons. The van der Waals surface area contributed by atoms with Gasteiger partial charge in [-0.2, -0.15) is 4.31 Å². The zero-order valence-corrected chi connectivity index (χ0v) is 12.5. The number of aromatic nitrogens is 2. The summed E-state index contributed by atoms with van der Waals surface area (Å²) in [7, 11) is -1.64. The summed E-state index contributed by atoms with van der Waals surface area (Å²) in [5.74, 6) is 1.48. The molecule has 3 saturated heterocycles. The molecule has 1 aromatic heterocycles. The van der Waals surface area contributed by atoms with Gasteiger partial charge in [0.15, 0.2) is 5.03 Å². The molecule has 0 amide bonds. The first-order chi connectivity index (χ1) is 9.46. The van der Waals surface area contributed by atoms with Gasteiger partial charge in [0.1, 0.15) is 5.82 Å². The van der Waals surface area contributed by atoms with Crippen molar-refractivity contribution < 1.29 is 13.2 Å². The molecule has 0 N–H and O–H groups in total. The Morgan fingerprint density at radius 1 is 1.25 bits per heavy atom. The molecule has 1 aromatic rings. The average molecular weight is 297 g/mol. The van der Waals surface area contributed by atoms with E-state index in [1.54, 1.807) is 15.1 Å². The van der Waals surface area contributed by atoms with Gasteiger partial charge in [0.05, 0.1) is 12.2 Å². The molecule has 2 bridgehead atoms. The largest absolute Gasteiger partial charge is 0.374 e. The van der Waals surface area contributed by atoms with Crippen LogP contribution in [0.1, 0.15) is 18.7 Å². The molecule has 0 aliphatic carbocycles. The highest BCUT2D eigenvalue weighted by atomic mass is 32.2. The highest BCUT2D eigenvalue weighted by Crippen LogP contribution is 2.48.